The van der Waals surface area contributed by atoms with Crippen molar-refractivity contribution in [2.75, 3.05) is 0 Å². The minimum Gasteiger partial charge on any atom is -0.370 e. The van der Waals surface area contributed by atoms with Crippen molar-refractivity contribution < 1.29 is 4.74 Å². The molecule has 4 heteroatoms. The zero-order valence-corrected chi connectivity index (χ0v) is 8.80. The van der Waals surface area contributed by atoms with Crippen LogP contribution in [0.15, 0.2) is 12.4 Å². The van der Waals surface area contributed by atoms with Gasteiger partial charge < -0.3 is 4.74 Å². The molecule has 0 unspecified atom stereocenters. The summed E-state index contributed by atoms with van der Waals surface area (Å²) < 4.78 is 5.51. The van der Waals surface area contributed by atoms with Crippen molar-refractivity contribution in [3.05, 3.63) is 23.2 Å². The third kappa shape index (κ3) is 4.20. The van der Waals surface area contributed by atoms with Crippen molar-refractivity contribution in [1.29, 1.82) is 0 Å². The van der Waals surface area contributed by atoms with E-state index in [0.717, 1.165) is 5.69 Å². The Morgan fingerprint density at radius 2 is 2.00 bits per heavy atom. The van der Waals surface area contributed by atoms with E-state index >= 15 is 0 Å². The van der Waals surface area contributed by atoms with E-state index in [-0.39, 0.29) is 5.60 Å². The minimum atomic E-state index is -0.151. The first-order valence-electron chi connectivity index (χ1n) is 4.08. The van der Waals surface area contributed by atoms with Crippen LogP contribution in [-0.2, 0) is 11.3 Å². The lowest BCUT2D eigenvalue weighted by atomic mass is 10.2. The van der Waals surface area contributed by atoms with Crippen molar-refractivity contribution >= 4 is 11.6 Å². The van der Waals surface area contributed by atoms with E-state index in [2.05, 4.69) is 9.97 Å². The van der Waals surface area contributed by atoms with Gasteiger partial charge in [0.1, 0.15) is 5.15 Å². The summed E-state index contributed by atoms with van der Waals surface area (Å²) in [7, 11) is 0. The van der Waals surface area contributed by atoms with Crippen molar-refractivity contribution in [2.24, 2.45) is 0 Å². The van der Waals surface area contributed by atoms with Crippen LogP contribution in [0.2, 0.25) is 5.15 Å². The maximum atomic E-state index is 5.59. The molecule has 0 saturated heterocycles. The average Bonchev–Trinajstić information content (AvgIpc) is 2.02. The number of ether oxygens (including phenoxy) is 1. The molecular weight excluding hydrogens is 188 g/mol. The molecule has 0 aromatic carbocycles. The van der Waals surface area contributed by atoms with Crippen LogP contribution in [0.4, 0.5) is 0 Å². The molecule has 1 aromatic heterocycles. The van der Waals surface area contributed by atoms with E-state index in [1.807, 2.05) is 20.8 Å². The fraction of sp³-hybridized carbons (Fsp3) is 0.556. The molecule has 0 radical (unpaired) electrons. The first-order chi connectivity index (χ1) is 5.97. The monoisotopic (exact) mass is 200 g/mol. The molecule has 0 amide bonds. The zero-order valence-electron chi connectivity index (χ0n) is 8.04. The molecular formula is C9H13ClN2O. The van der Waals surface area contributed by atoms with Gasteiger partial charge in [0.05, 0.1) is 30.3 Å². The molecule has 13 heavy (non-hydrogen) atoms. The Hall–Kier alpha value is -0.670. The number of hydrogen-bond donors (Lipinski definition) is 0. The van der Waals surface area contributed by atoms with Crippen LogP contribution in [-0.4, -0.2) is 15.6 Å². The standard InChI is InChI=1S/C9H13ClN2O/c1-9(2,3)13-6-7-4-12-8(10)5-11-7/h4-5H,6H2,1-3H3. The predicted molar refractivity (Wildman–Crippen MR) is 51.6 cm³/mol. The number of hydrogen-bond acceptors (Lipinski definition) is 3. The maximum absolute atomic E-state index is 5.59. The second kappa shape index (κ2) is 4.03. The van der Waals surface area contributed by atoms with Crippen LogP contribution in [0.3, 0.4) is 0 Å². The molecule has 0 fully saturated rings. The van der Waals surface area contributed by atoms with Crippen LogP contribution in [0.1, 0.15) is 26.5 Å². The highest BCUT2D eigenvalue weighted by molar-refractivity contribution is 6.29. The SMILES string of the molecule is CC(C)(C)OCc1cnc(Cl)cn1. The molecule has 0 bridgehead atoms. The van der Waals surface area contributed by atoms with Gasteiger partial charge in [0.25, 0.3) is 0 Å². The highest BCUT2D eigenvalue weighted by Gasteiger charge is 2.10. The lowest BCUT2D eigenvalue weighted by Crippen LogP contribution is -2.19. The zero-order chi connectivity index (χ0) is 9.90. The Morgan fingerprint density at radius 3 is 2.46 bits per heavy atom. The van der Waals surface area contributed by atoms with Crippen LogP contribution in [0, 0.1) is 0 Å². The number of nitrogens with zero attached hydrogens (tertiary/aromatic N) is 2. The fourth-order valence-electron chi connectivity index (χ4n) is 0.704. The average molecular weight is 201 g/mol. The van der Waals surface area contributed by atoms with Gasteiger partial charge >= 0.3 is 0 Å². The summed E-state index contributed by atoms with van der Waals surface area (Å²) in [4.78, 5) is 7.96. The second-order valence-corrected chi connectivity index (χ2v) is 4.12. The first kappa shape index (κ1) is 10.4. The normalized spacial score (nSPS) is 11.7. The maximum Gasteiger partial charge on any atom is 0.147 e. The van der Waals surface area contributed by atoms with Crippen molar-refractivity contribution in [1.82, 2.24) is 9.97 Å². The summed E-state index contributed by atoms with van der Waals surface area (Å²) in [6.07, 6.45) is 3.14. The smallest absolute Gasteiger partial charge is 0.147 e. The predicted octanol–water partition coefficient (Wildman–Crippen LogP) is 2.45. The summed E-state index contributed by atoms with van der Waals surface area (Å²) in [5.74, 6) is 0. The molecule has 0 saturated carbocycles. The molecule has 0 aliphatic heterocycles. The van der Waals surface area contributed by atoms with Crippen LogP contribution < -0.4 is 0 Å². The Morgan fingerprint density at radius 1 is 1.31 bits per heavy atom. The van der Waals surface area contributed by atoms with Gasteiger partial charge in [-0.05, 0) is 20.8 Å². The number of halogens is 1. The molecule has 1 aromatic rings. The summed E-state index contributed by atoms with van der Waals surface area (Å²) in [5, 5.41) is 0.402. The molecule has 3 nitrogen and oxygen atoms in total. The van der Waals surface area contributed by atoms with Gasteiger partial charge in [-0.3, -0.25) is 4.98 Å². The molecule has 0 spiro atoms. The quantitative estimate of drug-likeness (QED) is 0.736. The van der Waals surface area contributed by atoms with E-state index in [1.165, 1.54) is 6.20 Å². The molecule has 72 valence electrons. The van der Waals surface area contributed by atoms with Crippen LogP contribution in [0.5, 0.6) is 0 Å². The molecule has 0 atom stereocenters. The highest BCUT2D eigenvalue weighted by Crippen LogP contribution is 2.10. The minimum absolute atomic E-state index is 0.151. The molecule has 1 heterocycles. The van der Waals surface area contributed by atoms with E-state index in [0.29, 0.717) is 11.8 Å². The van der Waals surface area contributed by atoms with Crippen molar-refractivity contribution in [3.8, 4) is 0 Å². The third-order valence-electron chi connectivity index (χ3n) is 1.33. The van der Waals surface area contributed by atoms with Gasteiger partial charge in [-0.25, -0.2) is 4.98 Å². The molecule has 0 aliphatic carbocycles. The number of rotatable bonds is 2. The summed E-state index contributed by atoms with van der Waals surface area (Å²) in [6.45, 7) is 6.46. The Kier molecular flexibility index (Phi) is 3.22. The van der Waals surface area contributed by atoms with Gasteiger partial charge in [0.2, 0.25) is 0 Å². The molecule has 0 N–H and O–H groups in total. The fourth-order valence-corrected chi connectivity index (χ4v) is 0.802. The summed E-state index contributed by atoms with van der Waals surface area (Å²) >= 11 is 5.59. The van der Waals surface area contributed by atoms with Gasteiger partial charge in [0.15, 0.2) is 0 Å². The third-order valence-corrected chi connectivity index (χ3v) is 1.52. The first-order valence-corrected chi connectivity index (χ1v) is 4.45. The Labute approximate surface area is 83.1 Å². The largest absolute Gasteiger partial charge is 0.370 e. The van der Waals surface area contributed by atoms with Crippen LogP contribution in [0.25, 0.3) is 0 Å². The summed E-state index contributed by atoms with van der Waals surface area (Å²) in [5.41, 5.74) is 0.640. The number of aromatic nitrogens is 2. The highest BCUT2D eigenvalue weighted by atomic mass is 35.5. The van der Waals surface area contributed by atoms with E-state index < -0.39 is 0 Å². The van der Waals surface area contributed by atoms with Gasteiger partial charge in [-0.1, -0.05) is 11.6 Å². The molecule has 1 rings (SSSR count). The second-order valence-electron chi connectivity index (χ2n) is 3.73. The van der Waals surface area contributed by atoms with Gasteiger partial charge in [-0.2, -0.15) is 0 Å². The lowest BCUT2D eigenvalue weighted by Gasteiger charge is -2.18. The van der Waals surface area contributed by atoms with E-state index in [1.54, 1.807) is 6.20 Å². The Balaban J connectivity index is 2.51. The van der Waals surface area contributed by atoms with Crippen molar-refractivity contribution in [2.45, 2.75) is 33.0 Å². The van der Waals surface area contributed by atoms with E-state index in [9.17, 15) is 0 Å². The van der Waals surface area contributed by atoms with E-state index in [4.69, 9.17) is 16.3 Å². The molecule has 0 aliphatic rings. The Bertz CT molecular complexity index is 266. The van der Waals surface area contributed by atoms with Gasteiger partial charge in [-0.15, -0.1) is 0 Å². The van der Waals surface area contributed by atoms with Crippen LogP contribution >= 0.6 is 11.6 Å². The van der Waals surface area contributed by atoms with Gasteiger partial charge in [0, 0.05) is 0 Å². The topological polar surface area (TPSA) is 35.0 Å². The lowest BCUT2D eigenvalue weighted by molar-refractivity contribution is -0.0166. The summed E-state index contributed by atoms with van der Waals surface area (Å²) in [6, 6.07) is 0. The van der Waals surface area contributed by atoms with Crippen molar-refractivity contribution in [3.63, 3.8) is 0 Å².